The predicted molar refractivity (Wildman–Crippen MR) is 232 cm³/mol. The fourth-order valence-corrected chi connectivity index (χ4v) is 9.66. The molecule has 1 aliphatic carbocycles. The fourth-order valence-electron chi connectivity index (χ4n) is 8.49. The molecule has 0 saturated carbocycles. The van der Waals surface area contributed by atoms with Gasteiger partial charge in [-0.15, -0.1) is 0 Å². The van der Waals surface area contributed by atoms with E-state index in [2.05, 4.69) is 231 Å². The van der Waals surface area contributed by atoms with Gasteiger partial charge in [-0.3, -0.25) is 0 Å². The standard InChI is InChI=1S/C52H43NSi/c1-54(2,3)45-34-29-42(30-35-45)52(41-21-11-6-12-22-41)49-25-15-13-24-47(49)48-36-33-44(37-50(48)52)53(43-31-27-39(28-32-43)38-17-7-4-8-18-38)51-26-16-14-23-46(51)40-19-9-5-10-20-40/h4-37H,1-3H3. The molecule has 0 bridgehead atoms. The van der Waals surface area contributed by atoms with Gasteiger partial charge in [-0.05, 0) is 80.4 Å². The predicted octanol–water partition coefficient (Wildman–Crippen LogP) is 13.4. The maximum Gasteiger partial charge on any atom is 0.0775 e. The molecule has 0 spiro atoms. The van der Waals surface area contributed by atoms with E-state index in [0.29, 0.717) is 0 Å². The molecular weight excluding hydrogens is 667 g/mol. The zero-order chi connectivity index (χ0) is 36.7. The molecule has 0 aliphatic heterocycles. The molecule has 54 heavy (non-hydrogen) atoms. The van der Waals surface area contributed by atoms with Crippen LogP contribution in [0.4, 0.5) is 17.1 Å². The van der Waals surface area contributed by atoms with E-state index in [1.807, 2.05) is 0 Å². The van der Waals surface area contributed by atoms with Crippen LogP contribution in [-0.4, -0.2) is 8.07 Å². The highest BCUT2D eigenvalue weighted by Crippen LogP contribution is 2.57. The van der Waals surface area contributed by atoms with Crippen molar-refractivity contribution in [2.24, 2.45) is 0 Å². The molecule has 260 valence electrons. The normalized spacial score (nSPS) is 14.6. The van der Waals surface area contributed by atoms with Crippen molar-refractivity contribution in [3.05, 3.63) is 229 Å². The van der Waals surface area contributed by atoms with Crippen LogP contribution in [0.25, 0.3) is 33.4 Å². The van der Waals surface area contributed by atoms with Crippen molar-refractivity contribution in [2.75, 3.05) is 4.90 Å². The molecule has 1 nitrogen and oxygen atoms in total. The van der Waals surface area contributed by atoms with Crippen LogP contribution in [0.3, 0.4) is 0 Å². The second kappa shape index (κ2) is 13.6. The summed E-state index contributed by atoms with van der Waals surface area (Å²) >= 11 is 0. The van der Waals surface area contributed by atoms with Crippen molar-refractivity contribution in [1.82, 2.24) is 0 Å². The van der Waals surface area contributed by atoms with Gasteiger partial charge in [0.05, 0.1) is 19.2 Å². The summed E-state index contributed by atoms with van der Waals surface area (Å²) in [5, 5.41) is 1.47. The van der Waals surface area contributed by atoms with E-state index >= 15 is 0 Å². The van der Waals surface area contributed by atoms with E-state index in [4.69, 9.17) is 0 Å². The highest BCUT2D eigenvalue weighted by molar-refractivity contribution is 6.88. The smallest absolute Gasteiger partial charge is 0.0775 e. The summed E-state index contributed by atoms with van der Waals surface area (Å²) < 4.78 is 0. The van der Waals surface area contributed by atoms with Crippen LogP contribution in [0.15, 0.2) is 206 Å². The molecule has 8 aromatic carbocycles. The molecule has 1 unspecified atom stereocenters. The number of fused-ring (bicyclic) bond motifs is 3. The molecule has 8 aromatic rings. The monoisotopic (exact) mass is 709 g/mol. The van der Waals surface area contributed by atoms with Gasteiger partial charge < -0.3 is 4.90 Å². The molecular formula is C52H43NSi. The Morgan fingerprint density at radius 1 is 0.370 bits per heavy atom. The molecule has 0 amide bonds. The minimum absolute atomic E-state index is 0.497. The number of benzene rings is 8. The maximum absolute atomic E-state index is 2.47. The molecule has 0 heterocycles. The van der Waals surface area contributed by atoms with Crippen molar-refractivity contribution in [3.63, 3.8) is 0 Å². The molecule has 0 aromatic heterocycles. The summed E-state index contributed by atoms with van der Waals surface area (Å²) in [7, 11) is -1.51. The van der Waals surface area contributed by atoms with Gasteiger partial charge in [0.25, 0.3) is 0 Å². The van der Waals surface area contributed by atoms with Gasteiger partial charge in [0, 0.05) is 16.9 Å². The lowest BCUT2D eigenvalue weighted by atomic mass is 9.67. The second-order valence-electron chi connectivity index (χ2n) is 15.4. The van der Waals surface area contributed by atoms with Crippen LogP contribution < -0.4 is 10.1 Å². The molecule has 0 fully saturated rings. The first-order valence-electron chi connectivity index (χ1n) is 18.9. The summed E-state index contributed by atoms with van der Waals surface area (Å²) in [4.78, 5) is 2.45. The number of rotatable bonds is 8. The van der Waals surface area contributed by atoms with E-state index in [1.165, 1.54) is 60.8 Å². The highest BCUT2D eigenvalue weighted by Gasteiger charge is 2.46. The third kappa shape index (κ3) is 5.71. The van der Waals surface area contributed by atoms with E-state index < -0.39 is 13.5 Å². The lowest BCUT2D eigenvalue weighted by Gasteiger charge is -2.35. The van der Waals surface area contributed by atoms with Crippen LogP contribution in [0.2, 0.25) is 19.6 Å². The lowest BCUT2D eigenvalue weighted by Crippen LogP contribution is -2.38. The lowest BCUT2D eigenvalue weighted by molar-refractivity contribution is 0.768. The zero-order valence-corrected chi connectivity index (χ0v) is 32.1. The van der Waals surface area contributed by atoms with Gasteiger partial charge >= 0.3 is 0 Å². The van der Waals surface area contributed by atoms with Gasteiger partial charge in [0.2, 0.25) is 0 Å². The number of hydrogen-bond donors (Lipinski definition) is 0. The number of hydrogen-bond acceptors (Lipinski definition) is 1. The minimum atomic E-state index is -1.51. The summed E-state index contributed by atoms with van der Waals surface area (Å²) in [5.41, 5.74) is 15.4. The van der Waals surface area contributed by atoms with Gasteiger partial charge in [0.15, 0.2) is 0 Å². The Hall–Kier alpha value is -6.22. The van der Waals surface area contributed by atoms with Gasteiger partial charge in [-0.2, -0.15) is 0 Å². The first-order chi connectivity index (χ1) is 26.4. The molecule has 1 atom stereocenters. The van der Waals surface area contributed by atoms with E-state index in [9.17, 15) is 0 Å². The number of anilines is 3. The third-order valence-electron chi connectivity index (χ3n) is 11.1. The van der Waals surface area contributed by atoms with Crippen molar-refractivity contribution in [3.8, 4) is 33.4 Å². The third-order valence-corrected chi connectivity index (χ3v) is 13.2. The largest absolute Gasteiger partial charge is 0.310 e. The summed E-state index contributed by atoms with van der Waals surface area (Å²) in [6.07, 6.45) is 0. The minimum Gasteiger partial charge on any atom is -0.310 e. The van der Waals surface area contributed by atoms with Crippen molar-refractivity contribution in [1.29, 1.82) is 0 Å². The van der Waals surface area contributed by atoms with Crippen LogP contribution in [0.5, 0.6) is 0 Å². The Bertz CT molecular complexity index is 2550. The number of para-hydroxylation sites is 1. The maximum atomic E-state index is 2.47. The summed E-state index contributed by atoms with van der Waals surface area (Å²) in [6.45, 7) is 7.28. The van der Waals surface area contributed by atoms with Crippen LogP contribution in [0.1, 0.15) is 22.3 Å². The quantitative estimate of drug-likeness (QED) is 0.142. The van der Waals surface area contributed by atoms with Crippen LogP contribution in [0, 0.1) is 0 Å². The highest BCUT2D eigenvalue weighted by atomic mass is 28.3. The molecule has 2 heteroatoms. The average molecular weight is 710 g/mol. The van der Waals surface area contributed by atoms with E-state index in [0.717, 1.165) is 17.1 Å². The van der Waals surface area contributed by atoms with E-state index in [-0.39, 0.29) is 0 Å². The summed E-state index contributed by atoms with van der Waals surface area (Å²) in [5.74, 6) is 0. The molecule has 1 aliphatic rings. The Morgan fingerprint density at radius 2 is 0.870 bits per heavy atom. The topological polar surface area (TPSA) is 3.24 Å². The summed E-state index contributed by atoms with van der Waals surface area (Å²) in [6, 6.07) is 76.2. The van der Waals surface area contributed by atoms with Crippen LogP contribution >= 0.6 is 0 Å². The van der Waals surface area contributed by atoms with Gasteiger partial charge in [-0.1, -0.05) is 201 Å². The van der Waals surface area contributed by atoms with Crippen molar-refractivity contribution >= 4 is 30.3 Å². The number of nitrogens with zero attached hydrogens (tertiary/aromatic N) is 1. The van der Waals surface area contributed by atoms with Gasteiger partial charge in [-0.25, -0.2) is 0 Å². The molecule has 0 N–H and O–H groups in total. The first kappa shape index (κ1) is 33.6. The fraction of sp³-hybridized carbons (Fsp3) is 0.0769. The SMILES string of the molecule is C[Si](C)(C)c1ccc(C2(c3ccccc3)c3ccccc3-c3ccc(N(c4ccc(-c5ccccc5)cc4)c4ccccc4-c4ccccc4)cc32)cc1. The average Bonchev–Trinajstić information content (AvgIpc) is 3.52. The second-order valence-corrected chi connectivity index (χ2v) is 20.4. The Balaban J connectivity index is 1.30. The molecule has 0 radical (unpaired) electrons. The Kier molecular flexibility index (Phi) is 8.49. The molecule has 0 saturated heterocycles. The first-order valence-corrected chi connectivity index (χ1v) is 22.4. The zero-order valence-electron chi connectivity index (χ0n) is 31.1. The van der Waals surface area contributed by atoms with E-state index in [1.54, 1.807) is 0 Å². The Morgan fingerprint density at radius 3 is 1.54 bits per heavy atom. The van der Waals surface area contributed by atoms with Gasteiger partial charge in [0.1, 0.15) is 0 Å². The molecule has 9 rings (SSSR count). The van der Waals surface area contributed by atoms with Crippen LogP contribution in [-0.2, 0) is 5.41 Å². The Labute approximate surface area is 320 Å². The van der Waals surface area contributed by atoms with Crippen molar-refractivity contribution < 1.29 is 0 Å². The van der Waals surface area contributed by atoms with Crippen molar-refractivity contribution in [2.45, 2.75) is 25.1 Å².